The van der Waals surface area contributed by atoms with Gasteiger partial charge >= 0.3 is 5.69 Å². The Kier molecular flexibility index (Phi) is 4.97. The van der Waals surface area contributed by atoms with E-state index in [1.54, 1.807) is 29.0 Å². The van der Waals surface area contributed by atoms with Crippen molar-refractivity contribution in [3.8, 4) is 5.69 Å². The summed E-state index contributed by atoms with van der Waals surface area (Å²) >= 11 is 0. The van der Waals surface area contributed by atoms with Crippen LogP contribution in [0.25, 0.3) is 5.69 Å². The van der Waals surface area contributed by atoms with Crippen molar-refractivity contribution >= 4 is 0 Å². The highest BCUT2D eigenvalue weighted by Crippen LogP contribution is 2.32. The van der Waals surface area contributed by atoms with Crippen LogP contribution < -0.4 is 5.69 Å². The molecule has 0 atom stereocenters. The van der Waals surface area contributed by atoms with Gasteiger partial charge in [0.2, 0.25) is 0 Å². The molecule has 0 amide bonds. The first-order valence-electron chi connectivity index (χ1n) is 9.76. The number of imidazole rings is 1. The molecule has 2 aromatic carbocycles. The third kappa shape index (κ3) is 3.61. The van der Waals surface area contributed by atoms with E-state index in [-0.39, 0.29) is 5.69 Å². The molecule has 4 heteroatoms. The fraction of sp³-hybridized carbons (Fsp3) is 0.348. The molecule has 140 valence electrons. The summed E-state index contributed by atoms with van der Waals surface area (Å²) in [6, 6.07) is 15.0. The van der Waals surface area contributed by atoms with Gasteiger partial charge in [0.25, 0.3) is 0 Å². The number of aryl methyl sites for hydroxylation is 1. The molecule has 0 unspecified atom stereocenters. The highest BCUT2D eigenvalue weighted by Gasteiger charge is 2.16. The van der Waals surface area contributed by atoms with Gasteiger partial charge in [-0.2, -0.15) is 0 Å². The van der Waals surface area contributed by atoms with E-state index in [4.69, 9.17) is 0 Å². The Morgan fingerprint density at radius 3 is 2.41 bits per heavy atom. The fourth-order valence-electron chi connectivity index (χ4n) is 4.19. The van der Waals surface area contributed by atoms with Gasteiger partial charge in [0, 0.05) is 11.9 Å². The second-order valence-corrected chi connectivity index (χ2v) is 7.54. The highest BCUT2D eigenvalue weighted by molar-refractivity contribution is 5.35. The second kappa shape index (κ2) is 7.55. The van der Waals surface area contributed by atoms with E-state index in [0.717, 1.165) is 11.3 Å². The lowest BCUT2D eigenvalue weighted by Crippen LogP contribution is -2.24. The third-order valence-electron chi connectivity index (χ3n) is 5.63. The lowest BCUT2D eigenvalue weighted by atomic mass is 9.84. The molecule has 3 nitrogen and oxygen atoms in total. The van der Waals surface area contributed by atoms with Crippen molar-refractivity contribution in [2.24, 2.45) is 0 Å². The largest absolute Gasteiger partial charge is 0.333 e. The Morgan fingerprint density at radius 2 is 1.70 bits per heavy atom. The summed E-state index contributed by atoms with van der Waals surface area (Å²) in [4.78, 5) is 12.8. The molecule has 4 rings (SSSR count). The van der Waals surface area contributed by atoms with Gasteiger partial charge in [0.05, 0.1) is 12.2 Å². The fourth-order valence-corrected chi connectivity index (χ4v) is 4.19. The Bertz CT molecular complexity index is 978. The molecule has 1 heterocycles. The SMILES string of the molecule is Cc1cn(Cc2ccc(C3CCCCC3)cc2)c(=O)n1-c1ccccc1F. The minimum Gasteiger partial charge on any atom is -0.294 e. The molecule has 3 aromatic rings. The zero-order chi connectivity index (χ0) is 18.8. The van der Waals surface area contributed by atoms with Crippen LogP contribution in [0.3, 0.4) is 0 Å². The molecule has 0 N–H and O–H groups in total. The molecule has 1 saturated carbocycles. The summed E-state index contributed by atoms with van der Waals surface area (Å²) in [7, 11) is 0. The van der Waals surface area contributed by atoms with Gasteiger partial charge in [0.1, 0.15) is 5.82 Å². The average Bonchev–Trinajstić information content (AvgIpc) is 2.97. The van der Waals surface area contributed by atoms with Crippen LogP contribution in [0.5, 0.6) is 0 Å². The molecule has 0 saturated heterocycles. The van der Waals surface area contributed by atoms with Gasteiger partial charge in [-0.3, -0.25) is 9.13 Å². The van der Waals surface area contributed by atoms with Crippen molar-refractivity contribution in [3.63, 3.8) is 0 Å². The van der Waals surface area contributed by atoms with Crippen molar-refractivity contribution in [2.45, 2.75) is 51.5 Å². The maximum Gasteiger partial charge on any atom is 0.333 e. The summed E-state index contributed by atoms with van der Waals surface area (Å²) < 4.78 is 17.2. The summed E-state index contributed by atoms with van der Waals surface area (Å²) in [6.07, 6.45) is 8.36. The van der Waals surface area contributed by atoms with Crippen molar-refractivity contribution in [1.82, 2.24) is 9.13 Å². The predicted molar refractivity (Wildman–Crippen MR) is 106 cm³/mol. The first kappa shape index (κ1) is 17.8. The van der Waals surface area contributed by atoms with E-state index in [0.29, 0.717) is 18.2 Å². The van der Waals surface area contributed by atoms with E-state index in [1.165, 1.54) is 48.3 Å². The lowest BCUT2D eigenvalue weighted by molar-refractivity contribution is 0.443. The standard InChI is InChI=1S/C23H25FN2O/c1-17-15-25(23(27)26(17)22-10-6-5-9-21(22)24)16-18-11-13-20(14-12-18)19-7-3-2-4-8-19/h5-6,9-15,19H,2-4,7-8,16H2,1H3. The Labute approximate surface area is 159 Å². The first-order valence-corrected chi connectivity index (χ1v) is 9.76. The molecule has 0 radical (unpaired) electrons. The van der Waals surface area contributed by atoms with Gasteiger partial charge in [-0.1, -0.05) is 55.7 Å². The van der Waals surface area contributed by atoms with E-state index in [1.807, 2.05) is 6.92 Å². The Morgan fingerprint density at radius 1 is 1.00 bits per heavy atom. The predicted octanol–water partition coefficient (Wildman–Crippen LogP) is 5.18. The summed E-state index contributed by atoms with van der Waals surface area (Å²) in [6.45, 7) is 2.32. The maximum absolute atomic E-state index is 14.1. The number of halogens is 1. The van der Waals surface area contributed by atoms with E-state index >= 15 is 0 Å². The van der Waals surface area contributed by atoms with Crippen LogP contribution in [0.15, 0.2) is 59.5 Å². The van der Waals surface area contributed by atoms with E-state index < -0.39 is 5.82 Å². The van der Waals surface area contributed by atoms with Crippen molar-refractivity contribution < 1.29 is 4.39 Å². The number of hydrogen-bond donors (Lipinski definition) is 0. The van der Waals surface area contributed by atoms with Crippen LogP contribution in [-0.2, 0) is 6.54 Å². The van der Waals surface area contributed by atoms with E-state index in [2.05, 4.69) is 24.3 Å². The molecule has 27 heavy (non-hydrogen) atoms. The molecule has 1 fully saturated rings. The van der Waals surface area contributed by atoms with Crippen LogP contribution in [0, 0.1) is 12.7 Å². The first-order chi connectivity index (χ1) is 13.1. The smallest absolute Gasteiger partial charge is 0.294 e. The normalized spacial score (nSPS) is 15.2. The Hall–Kier alpha value is -2.62. The maximum atomic E-state index is 14.1. The quantitative estimate of drug-likeness (QED) is 0.626. The lowest BCUT2D eigenvalue weighted by Gasteiger charge is -2.22. The van der Waals surface area contributed by atoms with Crippen molar-refractivity contribution in [2.75, 3.05) is 0 Å². The van der Waals surface area contributed by atoms with Crippen LogP contribution in [0.2, 0.25) is 0 Å². The second-order valence-electron chi connectivity index (χ2n) is 7.54. The number of nitrogens with zero attached hydrogens (tertiary/aromatic N) is 2. The van der Waals surface area contributed by atoms with Crippen LogP contribution >= 0.6 is 0 Å². The number of rotatable bonds is 4. The number of para-hydroxylation sites is 1. The summed E-state index contributed by atoms with van der Waals surface area (Å²) in [5.41, 5.74) is 3.30. The van der Waals surface area contributed by atoms with Gasteiger partial charge in [-0.15, -0.1) is 0 Å². The molecule has 0 aliphatic heterocycles. The topological polar surface area (TPSA) is 26.9 Å². The summed E-state index contributed by atoms with van der Waals surface area (Å²) in [5, 5.41) is 0. The molecule has 1 aliphatic rings. The Balaban J connectivity index is 1.57. The number of aromatic nitrogens is 2. The average molecular weight is 364 g/mol. The van der Waals surface area contributed by atoms with Gasteiger partial charge in [-0.25, -0.2) is 9.18 Å². The molecule has 1 aromatic heterocycles. The molecule has 1 aliphatic carbocycles. The van der Waals surface area contributed by atoms with Crippen molar-refractivity contribution in [1.29, 1.82) is 0 Å². The zero-order valence-corrected chi connectivity index (χ0v) is 15.7. The molecule has 0 spiro atoms. The molecular weight excluding hydrogens is 339 g/mol. The minimum absolute atomic E-state index is 0.214. The van der Waals surface area contributed by atoms with Crippen LogP contribution in [0.4, 0.5) is 4.39 Å². The van der Waals surface area contributed by atoms with Gasteiger partial charge < -0.3 is 0 Å². The number of benzene rings is 2. The zero-order valence-electron chi connectivity index (χ0n) is 15.7. The summed E-state index contributed by atoms with van der Waals surface area (Å²) in [5.74, 6) is 0.289. The minimum atomic E-state index is -0.391. The van der Waals surface area contributed by atoms with Crippen LogP contribution in [-0.4, -0.2) is 9.13 Å². The van der Waals surface area contributed by atoms with Gasteiger partial charge in [0.15, 0.2) is 0 Å². The van der Waals surface area contributed by atoms with Gasteiger partial charge in [-0.05, 0) is 48.9 Å². The third-order valence-corrected chi connectivity index (χ3v) is 5.63. The van der Waals surface area contributed by atoms with E-state index in [9.17, 15) is 9.18 Å². The number of hydrogen-bond acceptors (Lipinski definition) is 1. The van der Waals surface area contributed by atoms with Crippen molar-refractivity contribution in [3.05, 3.63) is 87.9 Å². The molecular formula is C23H25FN2O. The van der Waals surface area contributed by atoms with Crippen LogP contribution in [0.1, 0.15) is 54.8 Å². The molecule has 0 bridgehead atoms. The highest BCUT2D eigenvalue weighted by atomic mass is 19.1. The monoisotopic (exact) mass is 364 g/mol.